The molecule has 1 saturated heterocycles. The minimum absolute atomic E-state index is 0.0691. The molecule has 1 aliphatic heterocycles. The fourth-order valence-electron chi connectivity index (χ4n) is 4.52. The van der Waals surface area contributed by atoms with Crippen LogP contribution in [0.3, 0.4) is 0 Å². The molecular weight excluding hydrogens is 415 g/mol. The predicted octanol–water partition coefficient (Wildman–Crippen LogP) is 4.36. The zero-order valence-electron chi connectivity index (χ0n) is 18.3. The average molecular weight is 443 g/mol. The second kappa shape index (κ2) is 7.79. The van der Waals surface area contributed by atoms with Crippen molar-refractivity contribution in [3.8, 4) is 0 Å². The fourth-order valence-corrected chi connectivity index (χ4v) is 6.14. The molecule has 0 saturated carbocycles. The lowest BCUT2D eigenvalue weighted by Crippen LogP contribution is -2.35. The number of rotatable bonds is 3. The van der Waals surface area contributed by atoms with Gasteiger partial charge in [-0.05, 0) is 56.4 Å². The number of hydrogen-bond acceptors (Lipinski definition) is 4. The van der Waals surface area contributed by atoms with Crippen molar-refractivity contribution in [3.63, 3.8) is 0 Å². The van der Waals surface area contributed by atoms with E-state index in [-0.39, 0.29) is 15.2 Å². The number of benzene rings is 2. The Balaban J connectivity index is 1.89. The summed E-state index contributed by atoms with van der Waals surface area (Å²) in [6.07, 6.45) is 3.45. The van der Waals surface area contributed by atoms with Gasteiger partial charge in [0.25, 0.3) is 0 Å². The van der Waals surface area contributed by atoms with Crippen molar-refractivity contribution in [1.29, 1.82) is 0 Å². The lowest BCUT2D eigenvalue weighted by atomic mass is 9.99. The van der Waals surface area contributed by atoms with Crippen LogP contribution in [0.15, 0.2) is 51.1 Å². The zero-order valence-corrected chi connectivity index (χ0v) is 19.1. The first-order valence-corrected chi connectivity index (χ1v) is 12.0. The van der Waals surface area contributed by atoms with E-state index in [1.807, 2.05) is 11.8 Å². The van der Waals surface area contributed by atoms with Crippen LogP contribution >= 0.6 is 0 Å². The summed E-state index contributed by atoms with van der Waals surface area (Å²) >= 11 is 0. The molecule has 164 valence electrons. The van der Waals surface area contributed by atoms with Crippen LogP contribution in [0, 0.1) is 25.6 Å². The molecule has 1 aliphatic rings. The normalized spacial score (nSPS) is 17.3. The van der Waals surface area contributed by atoms with Crippen LogP contribution in [0.5, 0.6) is 0 Å². The van der Waals surface area contributed by atoms with E-state index < -0.39 is 21.1 Å². The molecule has 0 N–H and O–H groups in total. The molecule has 1 fully saturated rings. The zero-order chi connectivity index (χ0) is 22.5. The first kappa shape index (κ1) is 21.6. The molecule has 0 bridgehead atoms. The molecule has 0 radical (unpaired) electrons. The Labute approximate surface area is 182 Å². The van der Waals surface area contributed by atoms with Gasteiger partial charge in [-0.1, -0.05) is 24.6 Å². The van der Waals surface area contributed by atoms with Gasteiger partial charge in [-0.15, -0.1) is 0 Å². The van der Waals surface area contributed by atoms with Gasteiger partial charge < -0.3 is 9.47 Å². The molecule has 7 heteroatoms. The molecule has 5 nitrogen and oxygen atoms in total. The van der Waals surface area contributed by atoms with Gasteiger partial charge in [0.05, 0.1) is 21.5 Å². The highest BCUT2D eigenvalue weighted by molar-refractivity contribution is 7.91. The van der Waals surface area contributed by atoms with Crippen LogP contribution in [-0.4, -0.2) is 26.1 Å². The van der Waals surface area contributed by atoms with Crippen LogP contribution in [0.1, 0.15) is 30.9 Å². The molecular formula is C24H27FN2O3S. The minimum Gasteiger partial charge on any atom is -0.369 e. The van der Waals surface area contributed by atoms with Gasteiger partial charge >= 0.3 is 0 Å². The van der Waals surface area contributed by atoms with E-state index >= 15 is 4.39 Å². The van der Waals surface area contributed by atoms with Crippen LogP contribution < -0.4 is 10.3 Å². The van der Waals surface area contributed by atoms with Gasteiger partial charge in [0.1, 0.15) is 10.7 Å². The summed E-state index contributed by atoms with van der Waals surface area (Å²) in [4.78, 5) is 15.0. The van der Waals surface area contributed by atoms with E-state index in [0.29, 0.717) is 22.7 Å². The maximum absolute atomic E-state index is 15.1. The molecule has 3 aromatic rings. The van der Waals surface area contributed by atoms with Crippen LogP contribution in [0.4, 0.5) is 10.1 Å². The van der Waals surface area contributed by atoms with Crippen LogP contribution in [0.2, 0.25) is 0 Å². The standard InChI is InChI=1S/C24H27FN2O3S/c1-15-7-8-22(17(3)10-15)31(29,30)23-14-26(4)20-12-21(19(25)11-18(20)24(23)28)27-9-5-6-16(2)13-27/h7-8,10-12,14,16H,5-6,9,13H2,1-4H3/t16-/m0/s1. The summed E-state index contributed by atoms with van der Waals surface area (Å²) in [5, 5.41) is 0.0691. The molecule has 2 heterocycles. The summed E-state index contributed by atoms with van der Waals surface area (Å²) in [5.74, 6) is -0.0299. The molecule has 0 amide bonds. The third-order valence-electron chi connectivity index (χ3n) is 6.13. The summed E-state index contributed by atoms with van der Waals surface area (Å²) in [6.45, 7) is 7.25. The topological polar surface area (TPSA) is 59.4 Å². The lowest BCUT2D eigenvalue weighted by molar-refractivity contribution is 0.442. The molecule has 0 unspecified atom stereocenters. The Morgan fingerprint density at radius 2 is 1.84 bits per heavy atom. The van der Waals surface area contributed by atoms with Crippen molar-refractivity contribution in [2.45, 2.75) is 43.4 Å². The monoisotopic (exact) mass is 442 g/mol. The summed E-state index contributed by atoms with van der Waals surface area (Å²) in [6, 6.07) is 7.84. The molecule has 0 aliphatic carbocycles. The van der Waals surface area contributed by atoms with Gasteiger partial charge in [-0.3, -0.25) is 4.79 Å². The Bertz CT molecular complexity index is 1350. The van der Waals surface area contributed by atoms with Crippen LogP contribution in [0.25, 0.3) is 10.9 Å². The third-order valence-corrected chi connectivity index (χ3v) is 8.04. The van der Waals surface area contributed by atoms with Gasteiger partial charge in [0, 0.05) is 26.3 Å². The van der Waals surface area contributed by atoms with E-state index in [9.17, 15) is 13.2 Å². The van der Waals surface area contributed by atoms with Crippen molar-refractivity contribution < 1.29 is 12.8 Å². The number of sulfone groups is 1. The maximum Gasteiger partial charge on any atom is 0.212 e. The van der Waals surface area contributed by atoms with E-state index in [4.69, 9.17) is 0 Å². The van der Waals surface area contributed by atoms with Crippen molar-refractivity contribution in [1.82, 2.24) is 4.57 Å². The van der Waals surface area contributed by atoms with Gasteiger partial charge in [-0.2, -0.15) is 0 Å². The van der Waals surface area contributed by atoms with Crippen molar-refractivity contribution in [2.75, 3.05) is 18.0 Å². The number of aryl methyl sites for hydroxylation is 3. The quantitative estimate of drug-likeness (QED) is 0.605. The number of halogens is 1. The first-order chi connectivity index (χ1) is 14.6. The highest BCUT2D eigenvalue weighted by Crippen LogP contribution is 2.30. The van der Waals surface area contributed by atoms with Crippen molar-refractivity contribution in [2.24, 2.45) is 13.0 Å². The highest BCUT2D eigenvalue weighted by Gasteiger charge is 2.26. The maximum atomic E-state index is 15.1. The fraction of sp³-hybridized carbons (Fsp3) is 0.375. The first-order valence-electron chi connectivity index (χ1n) is 10.5. The Morgan fingerprint density at radius 1 is 1.10 bits per heavy atom. The molecule has 31 heavy (non-hydrogen) atoms. The molecule has 2 aromatic carbocycles. The lowest BCUT2D eigenvalue weighted by Gasteiger charge is -2.33. The Morgan fingerprint density at radius 3 is 2.52 bits per heavy atom. The van der Waals surface area contributed by atoms with E-state index in [0.717, 1.165) is 31.5 Å². The van der Waals surface area contributed by atoms with E-state index in [2.05, 4.69) is 6.92 Å². The third kappa shape index (κ3) is 3.76. The predicted molar refractivity (Wildman–Crippen MR) is 121 cm³/mol. The highest BCUT2D eigenvalue weighted by atomic mass is 32.2. The summed E-state index contributed by atoms with van der Waals surface area (Å²) in [7, 11) is -2.36. The van der Waals surface area contributed by atoms with Gasteiger partial charge in [0.2, 0.25) is 15.3 Å². The van der Waals surface area contributed by atoms with Gasteiger partial charge in [0.15, 0.2) is 0 Å². The van der Waals surface area contributed by atoms with Gasteiger partial charge in [-0.25, -0.2) is 12.8 Å². The number of anilines is 1. The Kier molecular flexibility index (Phi) is 5.41. The number of nitrogens with zero attached hydrogens (tertiary/aromatic N) is 2. The SMILES string of the molecule is Cc1ccc(S(=O)(=O)c2cn(C)c3cc(N4CCC[C@H](C)C4)c(F)cc3c2=O)c(C)c1. The molecule has 1 atom stereocenters. The van der Waals surface area contributed by atoms with E-state index in [1.165, 1.54) is 18.3 Å². The number of aromatic nitrogens is 1. The summed E-state index contributed by atoms with van der Waals surface area (Å²) in [5.41, 5.74) is 1.80. The number of hydrogen-bond donors (Lipinski definition) is 0. The van der Waals surface area contributed by atoms with Crippen molar-refractivity contribution >= 4 is 26.4 Å². The average Bonchev–Trinajstić information content (AvgIpc) is 2.70. The molecule has 0 spiro atoms. The number of piperidine rings is 1. The second-order valence-corrected chi connectivity index (χ2v) is 10.6. The van der Waals surface area contributed by atoms with E-state index in [1.54, 1.807) is 36.7 Å². The summed E-state index contributed by atoms with van der Waals surface area (Å²) < 4.78 is 43.3. The second-order valence-electron chi connectivity index (χ2n) is 8.72. The smallest absolute Gasteiger partial charge is 0.212 e. The number of pyridine rings is 1. The Hall–Kier alpha value is -2.67. The number of fused-ring (bicyclic) bond motifs is 1. The van der Waals surface area contributed by atoms with Crippen LogP contribution in [-0.2, 0) is 16.9 Å². The minimum atomic E-state index is -4.05. The molecule has 4 rings (SSSR count). The molecule has 1 aromatic heterocycles. The largest absolute Gasteiger partial charge is 0.369 e. The van der Waals surface area contributed by atoms with Crippen molar-refractivity contribution in [3.05, 3.63) is 63.7 Å².